The fourth-order valence-corrected chi connectivity index (χ4v) is 2.39. The number of methoxy groups -OCH3 is 1. The predicted molar refractivity (Wildman–Crippen MR) is 97.0 cm³/mol. The number of ether oxygens (including phenoxy) is 1. The van der Waals surface area contributed by atoms with Gasteiger partial charge in [-0.15, -0.1) is 0 Å². The van der Waals surface area contributed by atoms with Crippen LogP contribution in [0.1, 0.15) is 22.3 Å². The Morgan fingerprint density at radius 3 is 2.30 bits per heavy atom. The van der Waals surface area contributed by atoms with E-state index in [9.17, 15) is 22.4 Å². The lowest BCUT2D eigenvalue weighted by Crippen LogP contribution is -2.07. The van der Waals surface area contributed by atoms with Crippen molar-refractivity contribution in [1.82, 2.24) is 0 Å². The third-order valence-electron chi connectivity index (χ3n) is 3.70. The maximum absolute atomic E-state index is 13.1. The van der Waals surface area contributed by atoms with Crippen molar-refractivity contribution in [1.29, 1.82) is 0 Å². The van der Waals surface area contributed by atoms with Gasteiger partial charge >= 0.3 is 12.1 Å². The molecule has 0 bridgehead atoms. The first kappa shape index (κ1) is 20.2. The van der Waals surface area contributed by atoms with Crippen LogP contribution in [0.15, 0.2) is 61.2 Å². The number of carbonyl (C=O) groups excluding carboxylic acids is 1. The Bertz CT molecular complexity index is 909. The summed E-state index contributed by atoms with van der Waals surface area (Å²) in [6.45, 7) is 3.69. The lowest BCUT2D eigenvalue weighted by Gasteiger charge is -2.10. The maximum Gasteiger partial charge on any atom is 0.417 e. The predicted octanol–water partition coefficient (Wildman–Crippen LogP) is 5.76. The molecule has 2 aromatic carbocycles. The summed E-state index contributed by atoms with van der Waals surface area (Å²) in [7, 11) is 1.25. The maximum atomic E-state index is 13.1. The zero-order chi connectivity index (χ0) is 20.0. The number of rotatable bonds is 5. The molecule has 0 aliphatic rings. The minimum Gasteiger partial charge on any atom is -0.465 e. The number of esters is 1. The molecule has 0 N–H and O–H groups in total. The number of alkyl halides is 3. The quantitative estimate of drug-likeness (QED) is 0.287. The highest BCUT2D eigenvalue weighted by Gasteiger charge is 2.33. The van der Waals surface area contributed by atoms with Gasteiger partial charge in [0.15, 0.2) is 0 Å². The average Bonchev–Trinajstić information content (AvgIpc) is 2.64. The second-order valence-corrected chi connectivity index (χ2v) is 5.50. The zero-order valence-electron chi connectivity index (χ0n) is 14.4. The fraction of sp³-hybridized carbons (Fsp3) is 0.0952. The van der Waals surface area contributed by atoms with Crippen molar-refractivity contribution < 1.29 is 27.1 Å². The Morgan fingerprint density at radius 1 is 1.04 bits per heavy atom. The normalized spacial score (nSPS) is 11.9. The molecule has 0 spiro atoms. The molecule has 0 amide bonds. The van der Waals surface area contributed by atoms with Crippen LogP contribution >= 0.6 is 0 Å². The highest BCUT2D eigenvalue weighted by atomic mass is 19.4. The molecule has 0 unspecified atom stereocenters. The van der Waals surface area contributed by atoms with E-state index in [0.717, 1.165) is 12.1 Å². The molecule has 0 aliphatic carbocycles. The van der Waals surface area contributed by atoms with E-state index < -0.39 is 23.5 Å². The Labute approximate surface area is 154 Å². The first-order valence-electron chi connectivity index (χ1n) is 7.82. The second-order valence-electron chi connectivity index (χ2n) is 5.50. The van der Waals surface area contributed by atoms with Gasteiger partial charge in [0.1, 0.15) is 5.82 Å². The molecule has 140 valence electrons. The van der Waals surface area contributed by atoms with E-state index in [1.54, 1.807) is 30.3 Å². The van der Waals surface area contributed by atoms with E-state index in [0.29, 0.717) is 17.2 Å². The first-order valence-corrected chi connectivity index (χ1v) is 7.82. The van der Waals surface area contributed by atoms with Crippen LogP contribution in [-0.4, -0.2) is 13.1 Å². The molecule has 0 heterocycles. The lowest BCUT2D eigenvalue weighted by atomic mass is 10.0. The van der Waals surface area contributed by atoms with E-state index in [1.807, 2.05) is 0 Å². The van der Waals surface area contributed by atoms with E-state index in [4.69, 9.17) is 0 Å². The van der Waals surface area contributed by atoms with Crippen LogP contribution in [0, 0.1) is 5.82 Å². The molecule has 0 saturated heterocycles. The van der Waals surface area contributed by atoms with Crippen molar-refractivity contribution in [3.8, 4) is 0 Å². The lowest BCUT2D eigenvalue weighted by molar-refractivity contribution is -0.138. The van der Waals surface area contributed by atoms with E-state index in [-0.39, 0.29) is 11.1 Å². The third-order valence-corrected chi connectivity index (χ3v) is 3.70. The summed E-state index contributed by atoms with van der Waals surface area (Å²) >= 11 is 0. The third kappa shape index (κ3) is 5.17. The fourth-order valence-electron chi connectivity index (χ4n) is 2.39. The summed E-state index contributed by atoms with van der Waals surface area (Å²) in [5, 5.41) is 0. The van der Waals surface area contributed by atoms with Crippen molar-refractivity contribution in [3.63, 3.8) is 0 Å². The summed E-state index contributed by atoms with van der Waals surface area (Å²) in [4.78, 5) is 11.6. The molecule has 0 aromatic heterocycles. The van der Waals surface area contributed by atoms with Crippen LogP contribution in [-0.2, 0) is 15.7 Å². The summed E-state index contributed by atoms with van der Waals surface area (Å²) in [5.41, 5.74) is 0.159. The van der Waals surface area contributed by atoms with Crippen LogP contribution in [0.4, 0.5) is 17.6 Å². The van der Waals surface area contributed by atoms with Gasteiger partial charge < -0.3 is 4.74 Å². The number of hydrogen-bond acceptors (Lipinski definition) is 2. The highest BCUT2D eigenvalue weighted by Crippen LogP contribution is 2.33. The molecule has 0 atom stereocenters. The number of allylic oxidation sites excluding steroid dienone is 2. The van der Waals surface area contributed by atoms with Gasteiger partial charge in [0, 0.05) is 0 Å². The zero-order valence-corrected chi connectivity index (χ0v) is 14.4. The van der Waals surface area contributed by atoms with E-state index in [1.165, 1.54) is 25.3 Å². The Kier molecular flexibility index (Phi) is 6.34. The minimum atomic E-state index is -4.66. The van der Waals surface area contributed by atoms with Crippen LogP contribution < -0.4 is 0 Å². The van der Waals surface area contributed by atoms with Gasteiger partial charge in [0.2, 0.25) is 0 Å². The van der Waals surface area contributed by atoms with Crippen molar-refractivity contribution in [2.24, 2.45) is 0 Å². The number of carbonyl (C=O) groups is 1. The molecule has 0 fully saturated rings. The Hall–Kier alpha value is -3.15. The molecular formula is C21H16F4O2. The van der Waals surface area contributed by atoms with Crippen molar-refractivity contribution in [2.45, 2.75) is 6.18 Å². The van der Waals surface area contributed by atoms with Gasteiger partial charge in [-0.3, -0.25) is 0 Å². The summed E-state index contributed by atoms with van der Waals surface area (Å²) in [6.07, 6.45) is 1.12. The van der Waals surface area contributed by atoms with Crippen molar-refractivity contribution >= 4 is 23.7 Å². The molecule has 0 saturated carbocycles. The molecule has 0 aliphatic heterocycles. The minimum absolute atomic E-state index is 0.152. The molecule has 27 heavy (non-hydrogen) atoms. The van der Waals surface area contributed by atoms with Gasteiger partial charge in [0.05, 0.1) is 18.2 Å². The molecule has 6 heteroatoms. The highest BCUT2D eigenvalue weighted by molar-refractivity contribution is 6.16. The standard InChI is InChI=1S/C21H16F4O2/c1-14(20(26)27-2)18-10-6-5-8-15(18)7-3-4-9-16-11-12-17(22)13-19(16)21(23,24)25/h3-13H,1H2,2H3. The van der Waals surface area contributed by atoms with Crippen LogP contribution in [0.2, 0.25) is 0 Å². The average molecular weight is 376 g/mol. The summed E-state index contributed by atoms with van der Waals surface area (Å²) in [5.74, 6) is -1.53. The first-order chi connectivity index (χ1) is 12.7. The van der Waals surface area contributed by atoms with Gasteiger partial charge in [-0.1, -0.05) is 61.2 Å². The number of benzene rings is 2. The largest absolute Gasteiger partial charge is 0.465 e. The molecule has 2 aromatic rings. The topological polar surface area (TPSA) is 26.3 Å². The van der Waals surface area contributed by atoms with Crippen LogP contribution in [0.3, 0.4) is 0 Å². The molecule has 2 rings (SSSR count). The number of halogens is 4. The molecule has 0 radical (unpaired) electrons. The van der Waals surface area contributed by atoms with Crippen molar-refractivity contribution in [2.75, 3.05) is 7.11 Å². The van der Waals surface area contributed by atoms with Crippen LogP contribution in [0.25, 0.3) is 17.7 Å². The SMILES string of the molecule is C=C(C(=O)OC)c1ccccc1C=CC=Cc1ccc(F)cc1C(F)(F)F. The molecular weight excluding hydrogens is 360 g/mol. The summed E-state index contributed by atoms with van der Waals surface area (Å²) < 4.78 is 56.7. The van der Waals surface area contributed by atoms with Gasteiger partial charge in [0.25, 0.3) is 0 Å². The van der Waals surface area contributed by atoms with Gasteiger partial charge in [-0.25, -0.2) is 9.18 Å². The monoisotopic (exact) mass is 376 g/mol. The second kappa shape index (κ2) is 8.49. The Balaban J connectivity index is 2.27. The number of hydrogen-bond donors (Lipinski definition) is 0. The van der Waals surface area contributed by atoms with Gasteiger partial charge in [-0.05, 0) is 28.8 Å². The van der Waals surface area contributed by atoms with E-state index >= 15 is 0 Å². The van der Waals surface area contributed by atoms with Gasteiger partial charge in [-0.2, -0.15) is 13.2 Å². The van der Waals surface area contributed by atoms with Crippen molar-refractivity contribution in [3.05, 3.63) is 89.3 Å². The van der Waals surface area contributed by atoms with E-state index in [2.05, 4.69) is 11.3 Å². The summed E-state index contributed by atoms with van der Waals surface area (Å²) in [6, 6.07) is 9.38. The smallest absolute Gasteiger partial charge is 0.417 e. The Morgan fingerprint density at radius 2 is 1.67 bits per heavy atom. The van der Waals surface area contributed by atoms with Crippen LogP contribution in [0.5, 0.6) is 0 Å². The molecule has 2 nitrogen and oxygen atoms in total.